The number of rotatable bonds is 4. The van der Waals surface area contributed by atoms with Gasteiger partial charge in [-0.2, -0.15) is 13.2 Å². The van der Waals surface area contributed by atoms with Crippen LogP contribution in [0.4, 0.5) is 18.9 Å². The number of alkyl halides is 3. The molecule has 0 saturated heterocycles. The molecule has 0 spiro atoms. The number of amides is 2. The molecule has 3 aromatic rings. The van der Waals surface area contributed by atoms with Crippen LogP contribution in [0.15, 0.2) is 42.5 Å². The van der Waals surface area contributed by atoms with Crippen LogP contribution in [0.1, 0.15) is 15.9 Å². The Kier molecular flexibility index (Phi) is 5.04. The third-order valence-electron chi connectivity index (χ3n) is 4.08. The molecular weight excluding hydrogens is 375 g/mol. The van der Waals surface area contributed by atoms with Crippen LogP contribution in [0.5, 0.6) is 0 Å². The molecule has 0 saturated carbocycles. The van der Waals surface area contributed by atoms with Gasteiger partial charge in [-0.15, -0.1) is 5.10 Å². The van der Waals surface area contributed by atoms with Gasteiger partial charge in [0, 0.05) is 25.3 Å². The quantitative estimate of drug-likeness (QED) is 0.742. The van der Waals surface area contributed by atoms with Gasteiger partial charge in [0.2, 0.25) is 5.91 Å². The van der Waals surface area contributed by atoms with E-state index in [2.05, 4.69) is 15.6 Å². The van der Waals surface area contributed by atoms with E-state index in [9.17, 15) is 22.8 Å². The van der Waals surface area contributed by atoms with Crippen molar-refractivity contribution in [1.29, 1.82) is 0 Å². The van der Waals surface area contributed by atoms with Crippen molar-refractivity contribution in [2.45, 2.75) is 6.18 Å². The molecule has 2 amide bonds. The number of carbonyl (C=O) groups is 2. The minimum atomic E-state index is -4.45. The van der Waals surface area contributed by atoms with Crippen LogP contribution in [-0.4, -0.2) is 45.3 Å². The van der Waals surface area contributed by atoms with Crippen LogP contribution in [0, 0.1) is 0 Å². The van der Waals surface area contributed by atoms with E-state index in [1.807, 2.05) is 0 Å². The molecule has 1 aromatic heterocycles. The molecule has 0 aliphatic rings. The summed E-state index contributed by atoms with van der Waals surface area (Å²) in [7, 11) is 3.18. The molecule has 2 aromatic carbocycles. The van der Waals surface area contributed by atoms with Crippen molar-refractivity contribution in [2.75, 3.05) is 18.9 Å². The highest BCUT2D eigenvalue weighted by Gasteiger charge is 2.30. The number of anilines is 1. The summed E-state index contributed by atoms with van der Waals surface area (Å²) in [5.41, 5.74) is 1.06. The number of carbonyl (C=O) groups excluding carboxylic acids is 2. The summed E-state index contributed by atoms with van der Waals surface area (Å²) in [6, 6.07) is 8.96. The van der Waals surface area contributed by atoms with Crippen LogP contribution in [-0.2, 0) is 18.0 Å². The first-order valence-corrected chi connectivity index (χ1v) is 8.17. The summed E-state index contributed by atoms with van der Waals surface area (Å²) in [5.74, 6) is -0.925. The largest absolute Gasteiger partial charge is 0.416 e. The lowest BCUT2D eigenvalue weighted by Gasteiger charge is -2.17. The number of aromatic nitrogens is 3. The summed E-state index contributed by atoms with van der Waals surface area (Å²) in [4.78, 5) is 25.8. The molecule has 146 valence electrons. The molecule has 1 N–H and O–H groups in total. The van der Waals surface area contributed by atoms with Gasteiger partial charge in [0.25, 0.3) is 5.91 Å². The Labute approximate surface area is 157 Å². The molecule has 3 rings (SSSR count). The summed E-state index contributed by atoms with van der Waals surface area (Å²) < 4.78 is 39.3. The fourth-order valence-electron chi connectivity index (χ4n) is 2.62. The van der Waals surface area contributed by atoms with Crippen LogP contribution in [0.2, 0.25) is 0 Å². The lowest BCUT2D eigenvalue weighted by Crippen LogP contribution is -2.34. The van der Waals surface area contributed by atoms with Gasteiger partial charge in [0.15, 0.2) is 0 Å². The summed E-state index contributed by atoms with van der Waals surface area (Å²) in [5, 5.41) is 10.3. The Morgan fingerprint density at radius 1 is 1.14 bits per heavy atom. The lowest BCUT2D eigenvalue weighted by molar-refractivity contribution is -0.137. The Hall–Kier alpha value is -3.43. The first-order valence-electron chi connectivity index (χ1n) is 8.17. The van der Waals surface area contributed by atoms with Crippen molar-refractivity contribution in [3.63, 3.8) is 0 Å². The van der Waals surface area contributed by atoms with E-state index in [-0.39, 0.29) is 12.2 Å². The number of aryl methyl sites for hydroxylation is 1. The molecule has 28 heavy (non-hydrogen) atoms. The Morgan fingerprint density at radius 2 is 1.82 bits per heavy atom. The highest BCUT2D eigenvalue weighted by molar-refractivity contribution is 6.00. The molecule has 0 bridgehead atoms. The van der Waals surface area contributed by atoms with Gasteiger partial charge in [-0.1, -0.05) is 5.21 Å². The molecule has 10 heteroatoms. The van der Waals surface area contributed by atoms with E-state index in [0.29, 0.717) is 11.1 Å². The number of nitrogens with zero attached hydrogens (tertiary/aromatic N) is 4. The average molecular weight is 391 g/mol. The highest BCUT2D eigenvalue weighted by Crippen LogP contribution is 2.29. The number of halogens is 3. The van der Waals surface area contributed by atoms with Crippen LogP contribution < -0.4 is 5.32 Å². The van der Waals surface area contributed by atoms with E-state index in [1.165, 1.54) is 11.9 Å². The monoisotopic (exact) mass is 391 g/mol. The van der Waals surface area contributed by atoms with Gasteiger partial charge in [0.1, 0.15) is 5.52 Å². The van der Waals surface area contributed by atoms with Gasteiger partial charge in [-0.3, -0.25) is 9.59 Å². The van der Waals surface area contributed by atoms with Gasteiger partial charge >= 0.3 is 6.18 Å². The van der Waals surface area contributed by atoms with Crippen molar-refractivity contribution in [3.05, 3.63) is 53.6 Å². The first kappa shape index (κ1) is 19.3. The third kappa shape index (κ3) is 4.11. The van der Waals surface area contributed by atoms with Gasteiger partial charge in [0.05, 0.1) is 17.6 Å². The minimum absolute atomic E-state index is 0.208. The number of hydrogen-bond donors (Lipinski definition) is 1. The number of benzene rings is 2. The second-order valence-corrected chi connectivity index (χ2v) is 6.20. The molecule has 0 radical (unpaired) electrons. The maximum absolute atomic E-state index is 12.6. The highest BCUT2D eigenvalue weighted by atomic mass is 19.4. The zero-order chi connectivity index (χ0) is 20.5. The summed E-state index contributed by atoms with van der Waals surface area (Å²) in [6.45, 7) is -0.266. The fourth-order valence-corrected chi connectivity index (χ4v) is 2.62. The molecule has 1 heterocycles. The van der Waals surface area contributed by atoms with Crippen molar-refractivity contribution in [2.24, 2.45) is 7.05 Å². The molecule has 0 fully saturated rings. The Balaban J connectivity index is 1.63. The topological polar surface area (TPSA) is 80.1 Å². The Bertz CT molecular complexity index is 1030. The Morgan fingerprint density at radius 3 is 2.46 bits per heavy atom. The number of hydrogen-bond acceptors (Lipinski definition) is 4. The maximum atomic E-state index is 12.6. The number of fused-ring (bicyclic) bond motifs is 1. The van der Waals surface area contributed by atoms with E-state index < -0.39 is 23.6 Å². The lowest BCUT2D eigenvalue weighted by atomic mass is 10.1. The van der Waals surface area contributed by atoms with Crippen molar-refractivity contribution >= 4 is 28.5 Å². The van der Waals surface area contributed by atoms with Gasteiger partial charge in [-0.05, 0) is 42.5 Å². The normalized spacial score (nSPS) is 11.5. The van der Waals surface area contributed by atoms with E-state index in [4.69, 9.17) is 0 Å². The van der Waals surface area contributed by atoms with E-state index >= 15 is 0 Å². The molecule has 0 aliphatic heterocycles. The zero-order valence-electron chi connectivity index (χ0n) is 15.0. The predicted octanol–water partition coefficient (Wildman–Crippen LogP) is 2.70. The molecule has 7 nitrogen and oxygen atoms in total. The average Bonchev–Trinajstić information content (AvgIpc) is 3.01. The van der Waals surface area contributed by atoms with E-state index in [0.717, 1.165) is 29.8 Å². The summed E-state index contributed by atoms with van der Waals surface area (Å²) >= 11 is 0. The van der Waals surface area contributed by atoms with Crippen molar-refractivity contribution in [3.8, 4) is 0 Å². The van der Waals surface area contributed by atoms with E-state index in [1.54, 1.807) is 29.9 Å². The molecule has 0 unspecified atom stereocenters. The molecule has 0 atom stereocenters. The van der Waals surface area contributed by atoms with Crippen LogP contribution >= 0.6 is 0 Å². The number of nitrogens with one attached hydrogen (secondary N) is 1. The second-order valence-electron chi connectivity index (χ2n) is 6.20. The van der Waals surface area contributed by atoms with Crippen LogP contribution in [0.25, 0.3) is 11.0 Å². The zero-order valence-corrected chi connectivity index (χ0v) is 15.0. The van der Waals surface area contributed by atoms with Gasteiger partial charge < -0.3 is 10.2 Å². The minimum Gasteiger partial charge on any atom is -0.332 e. The standard InChI is InChI=1S/C18H16F3N5O2/c1-25(17(28)11-3-8-15-14(9-11)23-24-26(15)2)10-16(27)22-13-6-4-12(5-7-13)18(19,20)21/h3-9H,10H2,1-2H3,(H,22,27). The fraction of sp³-hybridized carbons (Fsp3) is 0.222. The third-order valence-corrected chi connectivity index (χ3v) is 4.08. The summed E-state index contributed by atoms with van der Waals surface area (Å²) in [6.07, 6.45) is -4.45. The van der Waals surface area contributed by atoms with Crippen LogP contribution in [0.3, 0.4) is 0 Å². The first-order chi connectivity index (χ1) is 13.1. The second kappa shape index (κ2) is 7.29. The van der Waals surface area contributed by atoms with Crippen molar-refractivity contribution in [1.82, 2.24) is 19.9 Å². The predicted molar refractivity (Wildman–Crippen MR) is 95.5 cm³/mol. The molecular formula is C18H16F3N5O2. The van der Waals surface area contributed by atoms with Gasteiger partial charge in [-0.25, -0.2) is 4.68 Å². The molecule has 0 aliphatic carbocycles. The smallest absolute Gasteiger partial charge is 0.332 e. The SMILES string of the molecule is CN(CC(=O)Nc1ccc(C(F)(F)F)cc1)C(=O)c1ccc2c(c1)nnn2C. The number of likely N-dealkylation sites (N-methyl/N-ethyl adjacent to an activating group) is 1. The van der Waals surface area contributed by atoms with Crippen molar-refractivity contribution < 1.29 is 22.8 Å². The maximum Gasteiger partial charge on any atom is 0.416 e.